The number of fused-ring (bicyclic) bond motifs is 2. The quantitative estimate of drug-likeness (QED) is 0.439. The van der Waals surface area contributed by atoms with Gasteiger partial charge in [0.2, 0.25) is 5.36 Å². The number of ether oxygens (including phenoxy) is 1. The number of carbonyl (C=O) groups excluding carboxylic acids is 3. The molecule has 2 heterocycles. The molecule has 4 rings (SSSR count). The molecule has 0 atom stereocenters. The number of nitrogens with zero attached hydrogens (tertiary/aromatic N) is 3. The molecule has 1 aliphatic rings. The van der Waals surface area contributed by atoms with Gasteiger partial charge in [0.25, 0.3) is 5.91 Å². The van der Waals surface area contributed by atoms with Gasteiger partial charge in [-0.25, -0.2) is 4.79 Å². The number of rotatable bonds is 7. The first-order valence-electron chi connectivity index (χ1n) is 9.61. The Morgan fingerprint density at radius 2 is 2.00 bits per heavy atom. The summed E-state index contributed by atoms with van der Waals surface area (Å²) in [5.74, 6) is -1.74. The molecule has 0 aliphatic carbocycles. The van der Waals surface area contributed by atoms with Gasteiger partial charge in [0, 0.05) is 37.0 Å². The highest BCUT2D eigenvalue weighted by Gasteiger charge is 2.30. The van der Waals surface area contributed by atoms with Gasteiger partial charge in [-0.2, -0.15) is 4.99 Å². The van der Waals surface area contributed by atoms with Crippen molar-refractivity contribution in [3.63, 3.8) is 0 Å². The predicted octanol–water partition coefficient (Wildman–Crippen LogP) is -0.105. The maximum Gasteiger partial charge on any atom is 0.480 e. The van der Waals surface area contributed by atoms with Crippen LogP contribution in [0.4, 0.5) is 0 Å². The van der Waals surface area contributed by atoms with E-state index in [0.717, 1.165) is 10.9 Å². The van der Waals surface area contributed by atoms with Crippen molar-refractivity contribution in [3.8, 4) is 0 Å². The third kappa shape index (κ3) is 3.77. The van der Waals surface area contributed by atoms with Gasteiger partial charge < -0.3 is 14.6 Å². The van der Waals surface area contributed by atoms with Gasteiger partial charge in [-0.15, -0.1) is 4.58 Å². The molecule has 2 aromatic carbocycles. The summed E-state index contributed by atoms with van der Waals surface area (Å²) >= 11 is 0. The van der Waals surface area contributed by atoms with Crippen LogP contribution in [0, 0.1) is 0 Å². The number of aromatic nitrogens is 1. The van der Waals surface area contributed by atoms with E-state index in [2.05, 4.69) is 10.3 Å². The van der Waals surface area contributed by atoms with Gasteiger partial charge in [0.15, 0.2) is 6.54 Å². The molecule has 1 aromatic heterocycles. The zero-order chi connectivity index (χ0) is 21.1. The molecule has 8 heteroatoms. The molecular formula is C22H21N4O4+. The van der Waals surface area contributed by atoms with Crippen molar-refractivity contribution in [2.24, 2.45) is 4.99 Å². The van der Waals surface area contributed by atoms with Crippen LogP contribution < -0.4 is 20.6 Å². The summed E-state index contributed by atoms with van der Waals surface area (Å²) < 4.78 is 8.52. The van der Waals surface area contributed by atoms with Gasteiger partial charge >= 0.3 is 11.8 Å². The summed E-state index contributed by atoms with van der Waals surface area (Å²) in [6.07, 6.45) is 1.97. The zero-order valence-electron chi connectivity index (χ0n) is 16.5. The molecule has 0 bridgehead atoms. The van der Waals surface area contributed by atoms with E-state index >= 15 is 0 Å². The first kappa shape index (κ1) is 19.7. The van der Waals surface area contributed by atoms with Crippen LogP contribution in [0.5, 0.6) is 0 Å². The van der Waals surface area contributed by atoms with E-state index in [1.165, 1.54) is 4.58 Å². The molecule has 30 heavy (non-hydrogen) atoms. The number of carbonyl (C=O) groups is 3. The van der Waals surface area contributed by atoms with E-state index in [1.54, 1.807) is 37.4 Å². The van der Waals surface area contributed by atoms with Crippen molar-refractivity contribution in [3.05, 3.63) is 71.0 Å². The molecule has 0 saturated carbocycles. The molecule has 8 nitrogen and oxygen atoms in total. The summed E-state index contributed by atoms with van der Waals surface area (Å²) in [5, 5.41) is 4.88. The van der Waals surface area contributed by atoms with Crippen LogP contribution in [-0.2, 0) is 20.9 Å². The molecule has 0 radical (unpaired) electrons. The first-order valence-corrected chi connectivity index (χ1v) is 9.61. The highest BCUT2D eigenvalue weighted by molar-refractivity contribution is 6.36. The number of nitrogens with one attached hydrogen (secondary N) is 1. The topological polar surface area (TPSA) is 92.8 Å². The average molecular weight is 405 g/mol. The monoisotopic (exact) mass is 405 g/mol. The van der Waals surface area contributed by atoms with Crippen LogP contribution >= 0.6 is 0 Å². The standard InChI is InChI=1S/C22H20N4O4/c1-30-13-12-25-10-8-15-6-7-16(14-19(15)25)20(27)23-9-11-26-18-5-3-2-4-17(18)24-21(28)22(26)29/h2-8,10,14H,9,11-13H2,1H3/p+1. The van der Waals surface area contributed by atoms with E-state index < -0.39 is 11.8 Å². The number of para-hydroxylation sites is 2. The lowest BCUT2D eigenvalue weighted by molar-refractivity contribution is -0.138. The summed E-state index contributed by atoms with van der Waals surface area (Å²) in [4.78, 5) is 40.5. The fourth-order valence-electron chi connectivity index (χ4n) is 3.48. The first-order chi connectivity index (χ1) is 14.6. The van der Waals surface area contributed by atoms with Crippen LogP contribution in [0.1, 0.15) is 10.4 Å². The second-order valence-electron chi connectivity index (χ2n) is 6.89. The average Bonchev–Trinajstić information content (AvgIpc) is 3.17. The van der Waals surface area contributed by atoms with Crippen molar-refractivity contribution in [2.45, 2.75) is 6.54 Å². The second kappa shape index (κ2) is 8.38. The molecule has 152 valence electrons. The largest absolute Gasteiger partial charge is 0.480 e. The van der Waals surface area contributed by atoms with Gasteiger partial charge in [0.05, 0.1) is 13.2 Å². The normalized spacial score (nSPS) is 13.3. The molecule has 1 aliphatic heterocycles. The Labute approximate surface area is 172 Å². The summed E-state index contributed by atoms with van der Waals surface area (Å²) in [6.45, 7) is 1.65. The molecule has 1 N–H and O–H groups in total. The van der Waals surface area contributed by atoms with Gasteiger partial charge in [-0.1, -0.05) is 18.2 Å². The summed E-state index contributed by atoms with van der Waals surface area (Å²) in [6, 6.07) is 14.4. The Kier molecular flexibility index (Phi) is 5.49. The molecule has 0 fully saturated rings. The second-order valence-corrected chi connectivity index (χ2v) is 6.89. The minimum atomic E-state index is -0.803. The van der Waals surface area contributed by atoms with E-state index in [1.807, 2.05) is 29.0 Å². The van der Waals surface area contributed by atoms with Crippen molar-refractivity contribution in [1.82, 2.24) is 14.5 Å². The zero-order valence-corrected chi connectivity index (χ0v) is 16.5. The lowest BCUT2D eigenvalue weighted by Gasteiger charge is -2.08. The minimum absolute atomic E-state index is 0.176. The van der Waals surface area contributed by atoms with Crippen molar-refractivity contribution in [2.75, 3.05) is 26.8 Å². The lowest BCUT2D eigenvalue weighted by atomic mass is 10.1. The van der Waals surface area contributed by atoms with E-state index in [-0.39, 0.29) is 19.0 Å². The predicted molar refractivity (Wildman–Crippen MR) is 109 cm³/mol. The van der Waals surface area contributed by atoms with Gasteiger partial charge in [-0.3, -0.25) is 9.59 Å². The Bertz CT molecular complexity index is 1280. The number of methoxy groups -OCH3 is 1. The molecule has 0 unspecified atom stereocenters. The third-order valence-electron chi connectivity index (χ3n) is 5.02. The SMILES string of the molecule is COCCn1ccc2ccc(C(=O)NCC[N+]3=c4ccccc4=NC(=O)C3=O)cc21. The highest BCUT2D eigenvalue weighted by Crippen LogP contribution is 2.17. The minimum Gasteiger partial charge on any atom is -0.383 e. The Hall–Kier alpha value is -3.65. The molecular weight excluding hydrogens is 384 g/mol. The van der Waals surface area contributed by atoms with Crippen LogP contribution in [-0.4, -0.2) is 49.1 Å². The van der Waals surface area contributed by atoms with E-state index in [0.29, 0.717) is 29.4 Å². The van der Waals surface area contributed by atoms with Crippen molar-refractivity contribution < 1.29 is 19.1 Å². The Morgan fingerprint density at radius 1 is 1.17 bits per heavy atom. The maximum atomic E-state index is 12.6. The van der Waals surface area contributed by atoms with Gasteiger partial charge in [-0.05, 0) is 29.7 Å². The van der Waals surface area contributed by atoms with Crippen molar-refractivity contribution in [1.29, 1.82) is 0 Å². The number of amides is 3. The summed E-state index contributed by atoms with van der Waals surface area (Å²) in [7, 11) is 1.65. The number of benzene rings is 2. The fraction of sp³-hybridized carbons (Fsp3) is 0.227. The van der Waals surface area contributed by atoms with E-state index in [4.69, 9.17) is 4.74 Å². The lowest BCUT2D eigenvalue weighted by Crippen LogP contribution is -2.52. The summed E-state index contributed by atoms with van der Waals surface area (Å²) in [5.41, 5.74) is 1.48. The van der Waals surface area contributed by atoms with Crippen LogP contribution in [0.2, 0.25) is 0 Å². The smallest absolute Gasteiger partial charge is 0.383 e. The number of hydrogen-bond acceptors (Lipinski definition) is 4. The number of hydrogen-bond donors (Lipinski definition) is 1. The molecule has 3 aromatic rings. The highest BCUT2D eigenvalue weighted by atomic mass is 16.5. The molecule has 0 saturated heterocycles. The maximum absolute atomic E-state index is 12.6. The van der Waals surface area contributed by atoms with Crippen LogP contribution in [0.25, 0.3) is 10.9 Å². The van der Waals surface area contributed by atoms with Crippen LogP contribution in [0.3, 0.4) is 0 Å². The van der Waals surface area contributed by atoms with Gasteiger partial charge in [0.1, 0.15) is 5.36 Å². The molecule has 0 spiro atoms. The molecule has 3 amide bonds. The van der Waals surface area contributed by atoms with Crippen molar-refractivity contribution >= 4 is 28.6 Å². The fourth-order valence-corrected chi connectivity index (χ4v) is 3.48. The van der Waals surface area contributed by atoms with Crippen LogP contribution in [0.15, 0.2) is 59.7 Å². The Balaban J connectivity index is 1.50. The third-order valence-corrected chi connectivity index (χ3v) is 5.02. The van der Waals surface area contributed by atoms with E-state index in [9.17, 15) is 14.4 Å². The Morgan fingerprint density at radius 3 is 2.83 bits per heavy atom.